The number of imidazole rings is 1. The van der Waals surface area contributed by atoms with Gasteiger partial charge in [-0.15, -0.1) is 0 Å². The van der Waals surface area contributed by atoms with Crippen molar-refractivity contribution in [3.05, 3.63) is 22.1 Å². The highest BCUT2D eigenvalue weighted by atomic mass is 16.6. The topological polar surface area (TPSA) is 107 Å². The Balaban J connectivity index is 3.19. The van der Waals surface area contributed by atoms with Gasteiger partial charge in [0.25, 0.3) is 0 Å². The zero-order valence-electron chi connectivity index (χ0n) is 9.65. The molecule has 1 aromatic rings. The summed E-state index contributed by atoms with van der Waals surface area (Å²) in [4.78, 5) is 25.0. The van der Waals surface area contributed by atoms with Crippen LogP contribution in [0.15, 0.2) is 6.20 Å². The smallest absolute Gasteiger partial charge is 0.381 e. The Morgan fingerprint density at radius 2 is 2.29 bits per heavy atom. The van der Waals surface area contributed by atoms with Crippen molar-refractivity contribution >= 4 is 11.8 Å². The molecule has 0 aliphatic carbocycles. The molecule has 0 bridgehead atoms. The number of methoxy groups -OCH3 is 1. The second-order valence-corrected chi connectivity index (χ2v) is 3.52. The molecule has 0 aliphatic heterocycles. The summed E-state index contributed by atoms with van der Waals surface area (Å²) in [5.74, 6) is -0.805. The molecular formula is C9H13N3O5. The molecule has 0 aliphatic rings. The molecule has 1 heterocycles. The minimum atomic E-state index is -1.05. The number of carbonyl (C=O) groups is 1. The SMILES string of the molecule is COC(=O)C(C(C)O)n1cc([N+](=O)[O-])nc1C. The molecule has 8 nitrogen and oxygen atoms in total. The maximum atomic E-state index is 11.5. The molecule has 0 saturated carbocycles. The number of aliphatic hydroxyl groups is 1. The van der Waals surface area contributed by atoms with Gasteiger partial charge in [0, 0.05) is 6.92 Å². The maximum Gasteiger partial charge on any atom is 0.381 e. The van der Waals surface area contributed by atoms with E-state index in [4.69, 9.17) is 0 Å². The van der Waals surface area contributed by atoms with Crippen LogP contribution in [0, 0.1) is 17.0 Å². The average molecular weight is 243 g/mol. The van der Waals surface area contributed by atoms with E-state index < -0.39 is 23.0 Å². The number of hydrogen-bond donors (Lipinski definition) is 1. The zero-order chi connectivity index (χ0) is 13.2. The summed E-state index contributed by atoms with van der Waals surface area (Å²) in [6.07, 6.45) is 0.0545. The van der Waals surface area contributed by atoms with Gasteiger partial charge in [-0.25, -0.2) is 4.79 Å². The molecule has 0 amide bonds. The summed E-state index contributed by atoms with van der Waals surface area (Å²) >= 11 is 0. The molecule has 1 aromatic heterocycles. The van der Waals surface area contributed by atoms with Crippen molar-refractivity contribution in [3.63, 3.8) is 0 Å². The first-order chi connectivity index (χ1) is 7.88. The van der Waals surface area contributed by atoms with Crippen LogP contribution in [0.3, 0.4) is 0 Å². The van der Waals surface area contributed by atoms with Crippen molar-refractivity contribution in [2.45, 2.75) is 26.0 Å². The minimum Gasteiger partial charge on any atom is -0.467 e. The second-order valence-electron chi connectivity index (χ2n) is 3.52. The van der Waals surface area contributed by atoms with Crippen molar-refractivity contribution < 1.29 is 19.6 Å². The molecule has 8 heteroatoms. The van der Waals surface area contributed by atoms with Crippen LogP contribution < -0.4 is 0 Å². The Bertz CT molecular complexity index is 440. The van der Waals surface area contributed by atoms with Crippen LogP contribution in [-0.4, -0.2) is 38.8 Å². The van der Waals surface area contributed by atoms with E-state index in [0.717, 1.165) is 6.20 Å². The van der Waals surface area contributed by atoms with Gasteiger partial charge in [0.2, 0.25) is 5.82 Å². The third kappa shape index (κ3) is 2.59. The number of ether oxygens (including phenoxy) is 1. The van der Waals surface area contributed by atoms with Crippen molar-refractivity contribution in [2.24, 2.45) is 0 Å². The first-order valence-corrected chi connectivity index (χ1v) is 4.84. The highest BCUT2D eigenvalue weighted by Gasteiger charge is 2.31. The third-order valence-corrected chi connectivity index (χ3v) is 2.29. The normalized spacial score (nSPS) is 14.1. The van der Waals surface area contributed by atoms with Gasteiger partial charge in [0.05, 0.1) is 13.2 Å². The van der Waals surface area contributed by atoms with Gasteiger partial charge in [-0.3, -0.25) is 4.57 Å². The summed E-state index contributed by atoms with van der Waals surface area (Å²) < 4.78 is 5.77. The van der Waals surface area contributed by atoms with E-state index >= 15 is 0 Å². The lowest BCUT2D eigenvalue weighted by molar-refractivity contribution is -0.389. The van der Waals surface area contributed by atoms with Crippen molar-refractivity contribution in [2.75, 3.05) is 7.11 Å². The first kappa shape index (κ1) is 13.1. The van der Waals surface area contributed by atoms with Crippen molar-refractivity contribution in [1.29, 1.82) is 0 Å². The van der Waals surface area contributed by atoms with E-state index in [9.17, 15) is 20.0 Å². The lowest BCUT2D eigenvalue weighted by atomic mass is 10.2. The molecular weight excluding hydrogens is 230 g/mol. The number of hydrogen-bond acceptors (Lipinski definition) is 6. The van der Waals surface area contributed by atoms with Gasteiger partial charge in [0.1, 0.15) is 6.20 Å². The van der Waals surface area contributed by atoms with Crippen molar-refractivity contribution in [1.82, 2.24) is 9.55 Å². The van der Waals surface area contributed by atoms with Gasteiger partial charge in [0.15, 0.2) is 6.04 Å². The van der Waals surface area contributed by atoms with E-state index in [-0.39, 0.29) is 11.6 Å². The molecule has 2 unspecified atom stereocenters. The largest absolute Gasteiger partial charge is 0.467 e. The monoisotopic (exact) mass is 243 g/mol. The molecule has 0 spiro atoms. The average Bonchev–Trinajstić information content (AvgIpc) is 2.60. The van der Waals surface area contributed by atoms with Crippen LogP contribution in [-0.2, 0) is 9.53 Å². The van der Waals surface area contributed by atoms with E-state index in [1.165, 1.54) is 25.5 Å². The fourth-order valence-electron chi connectivity index (χ4n) is 1.50. The molecule has 17 heavy (non-hydrogen) atoms. The predicted octanol–water partition coefficient (Wildman–Crippen LogP) is 0.195. The minimum absolute atomic E-state index is 0.257. The Labute approximate surface area is 97.0 Å². The van der Waals surface area contributed by atoms with E-state index in [2.05, 4.69) is 9.72 Å². The van der Waals surface area contributed by atoms with Crippen LogP contribution in [0.4, 0.5) is 5.82 Å². The second kappa shape index (κ2) is 4.91. The highest BCUT2D eigenvalue weighted by molar-refractivity contribution is 5.75. The van der Waals surface area contributed by atoms with E-state index in [1.54, 1.807) is 0 Å². The first-order valence-electron chi connectivity index (χ1n) is 4.84. The lowest BCUT2D eigenvalue weighted by Gasteiger charge is -2.18. The molecule has 0 radical (unpaired) electrons. The van der Waals surface area contributed by atoms with Crippen LogP contribution in [0.5, 0.6) is 0 Å². The molecule has 94 valence electrons. The number of rotatable bonds is 4. The molecule has 2 atom stereocenters. The van der Waals surface area contributed by atoms with Gasteiger partial charge in [-0.1, -0.05) is 0 Å². The summed E-state index contributed by atoms with van der Waals surface area (Å²) in [7, 11) is 1.18. The Morgan fingerprint density at radius 3 is 2.65 bits per heavy atom. The number of esters is 1. The number of carbonyl (C=O) groups excluding carboxylic acids is 1. The molecule has 0 fully saturated rings. The third-order valence-electron chi connectivity index (χ3n) is 2.29. The summed E-state index contributed by atoms with van der Waals surface area (Å²) in [5, 5.41) is 20.1. The number of aliphatic hydroxyl groups excluding tert-OH is 1. The number of aryl methyl sites for hydroxylation is 1. The summed E-state index contributed by atoms with van der Waals surface area (Å²) in [6.45, 7) is 2.90. The molecule has 0 saturated heterocycles. The summed E-state index contributed by atoms with van der Waals surface area (Å²) in [6, 6.07) is -1.04. The van der Waals surface area contributed by atoms with Gasteiger partial charge in [-0.05, 0) is 16.8 Å². The summed E-state index contributed by atoms with van der Waals surface area (Å²) in [5.41, 5.74) is 0. The van der Waals surface area contributed by atoms with Crippen LogP contribution >= 0.6 is 0 Å². The standard InChI is InChI=1S/C9H13N3O5/c1-5(13)8(9(14)17-3)11-4-7(12(15)16)10-6(11)2/h4-5,8,13H,1-3H3. The zero-order valence-corrected chi connectivity index (χ0v) is 9.65. The molecule has 1 N–H and O–H groups in total. The number of nitro groups is 1. The fourth-order valence-corrected chi connectivity index (χ4v) is 1.50. The lowest BCUT2D eigenvalue weighted by Crippen LogP contribution is -2.30. The fraction of sp³-hybridized carbons (Fsp3) is 0.556. The van der Waals surface area contributed by atoms with E-state index in [0.29, 0.717) is 0 Å². The number of aromatic nitrogens is 2. The van der Waals surface area contributed by atoms with Crippen LogP contribution in [0.25, 0.3) is 0 Å². The van der Waals surface area contributed by atoms with Crippen molar-refractivity contribution in [3.8, 4) is 0 Å². The Hall–Kier alpha value is -1.96. The van der Waals surface area contributed by atoms with Gasteiger partial charge < -0.3 is 20.0 Å². The number of nitrogens with zero attached hydrogens (tertiary/aromatic N) is 3. The maximum absolute atomic E-state index is 11.5. The van der Waals surface area contributed by atoms with E-state index in [1.807, 2.05) is 0 Å². The van der Waals surface area contributed by atoms with Crippen LogP contribution in [0.1, 0.15) is 18.8 Å². The quantitative estimate of drug-likeness (QED) is 0.459. The predicted molar refractivity (Wildman–Crippen MR) is 56.4 cm³/mol. The highest BCUT2D eigenvalue weighted by Crippen LogP contribution is 2.20. The molecule has 0 aromatic carbocycles. The Morgan fingerprint density at radius 1 is 1.71 bits per heavy atom. The van der Waals surface area contributed by atoms with Crippen LogP contribution in [0.2, 0.25) is 0 Å². The molecule has 1 rings (SSSR count). The Kier molecular flexibility index (Phi) is 3.79. The van der Waals surface area contributed by atoms with Gasteiger partial charge >= 0.3 is 11.8 Å². The van der Waals surface area contributed by atoms with Gasteiger partial charge in [-0.2, -0.15) is 0 Å².